The van der Waals surface area contributed by atoms with Crippen LogP contribution in [0.1, 0.15) is 44.2 Å². The summed E-state index contributed by atoms with van der Waals surface area (Å²) < 4.78 is 7.26. The molecule has 3 heterocycles. The quantitative estimate of drug-likeness (QED) is 0.524. The number of hydrogen-bond acceptors (Lipinski definition) is 5. The molecule has 7 heteroatoms. The van der Waals surface area contributed by atoms with Crippen molar-refractivity contribution in [2.75, 3.05) is 13.1 Å². The smallest absolute Gasteiger partial charge is 0.419 e. The van der Waals surface area contributed by atoms with Crippen molar-refractivity contribution in [2.45, 2.75) is 45.3 Å². The topological polar surface area (TPSA) is 76.0 Å². The molecule has 1 aliphatic rings. The highest BCUT2D eigenvalue weighted by atomic mass is 16.6. The van der Waals surface area contributed by atoms with Crippen LogP contribution in [-0.2, 0) is 11.3 Å². The first kappa shape index (κ1) is 19.8. The van der Waals surface area contributed by atoms with Gasteiger partial charge >= 0.3 is 6.09 Å². The fourth-order valence-corrected chi connectivity index (χ4v) is 4.44. The van der Waals surface area contributed by atoms with Crippen LogP contribution in [0.25, 0.3) is 21.9 Å². The third kappa shape index (κ3) is 3.93. The lowest BCUT2D eigenvalue weighted by atomic mass is 9.98. The van der Waals surface area contributed by atoms with Crippen molar-refractivity contribution in [1.82, 2.24) is 24.9 Å². The number of nitrogens with zero attached hydrogens (tertiary/aromatic N) is 4. The van der Waals surface area contributed by atoms with E-state index >= 15 is 0 Å². The van der Waals surface area contributed by atoms with Gasteiger partial charge < -0.3 is 4.74 Å². The predicted molar refractivity (Wildman–Crippen MR) is 120 cm³/mol. The number of para-hydroxylation sites is 1. The van der Waals surface area contributed by atoms with E-state index in [1.54, 1.807) is 4.57 Å². The lowest BCUT2D eigenvalue weighted by Gasteiger charge is -2.19. The number of ether oxygens (including phenoxy) is 1. The second-order valence-corrected chi connectivity index (χ2v) is 9.31. The monoisotopic (exact) mass is 417 g/mol. The molecule has 0 amide bonds. The Bertz CT molecular complexity index is 1250. The van der Waals surface area contributed by atoms with Gasteiger partial charge in [0.2, 0.25) is 0 Å². The number of carbonyl (C=O) groups excluding carboxylic acids is 1. The number of rotatable bonds is 3. The highest BCUT2D eigenvalue weighted by Gasteiger charge is 2.26. The standard InChI is InChI=1S/C24H27N5O2/c1-24(2,3)31-23(30)29-15-18(19-6-4-5-7-22(19)29)14-28-11-10-17(13-28)16-8-9-20-21(12-16)26-27-25-20/h4-9,12,15,17H,10-11,13-14H2,1-3H3,(H,25,26,27). The molecule has 7 nitrogen and oxygen atoms in total. The molecule has 2 aromatic carbocycles. The molecule has 1 aliphatic heterocycles. The van der Waals surface area contributed by atoms with E-state index in [-0.39, 0.29) is 6.09 Å². The van der Waals surface area contributed by atoms with Gasteiger partial charge in [0.15, 0.2) is 0 Å². The molecule has 160 valence electrons. The third-order valence-corrected chi connectivity index (χ3v) is 5.86. The van der Waals surface area contributed by atoms with E-state index in [9.17, 15) is 4.79 Å². The molecule has 1 fully saturated rings. The van der Waals surface area contributed by atoms with Gasteiger partial charge in [-0.05, 0) is 69.0 Å². The number of nitrogens with one attached hydrogen (secondary N) is 1. The fraction of sp³-hybridized carbons (Fsp3) is 0.375. The first-order chi connectivity index (χ1) is 14.9. The van der Waals surface area contributed by atoms with Crippen LogP contribution in [0, 0.1) is 0 Å². The number of aromatic amines is 1. The molecule has 1 N–H and O–H groups in total. The first-order valence-electron chi connectivity index (χ1n) is 10.7. The molecule has 5 rings (SSSR count). The molecular formula is C24H27N5O2. The van der Waals surface area contributed by atoms with Crippen LogP contribution in [0.15, 0.2) is 48.7 Å². The third-order valence-electron chi connectivity index (χ3n) is 5.86. The van der Waals surface area contributed by atoms with Crippen molar-refractivity contribution in [2.24, 2.45) is 0 Å². The SMILES string of the molecule is CC(C)(C)OC(=O)n1cc(CN2CCC(c3ccc4n[nH]nc4c3)C2)c2ccccc21. The molecule has 0 spiro atoms. The van der Waals surface area contributed by atoms with E-state index in [4.69, 9.17) is 4.74 Å². The van der Waals surface area contributed by atoms with Crippen molar-refractivity contribution >= 4 is 28.0 Å². The molecule has 2 aromatic heterocycles. The van der Waals surface area contributed by atoms with Crippen molar-refractivity contribution < 1.29 is 9.53 Å². The Kier molecular flexibility index (Phi) is 4.78. The van der Waals surface area contributed by atoms with Crippen LogP contribution in [-0.4, -0.2) is 49.7 Å². The summed E-state index contributed by atoms with van der Waals surface area (Å²) >= 11 is 0. The number of carbonyl (C=O) groups is 1. The summed E-state index contributed by atoms with van der Waals surface area (Å²) in [6, 6.07) is 14.4. The summed E-state index contributed by atoms with van der Waals surface area (Å²) in [5.41, 5.74) is 4.62. The Balaban J connectivity index is 1.36. The summed E-state index contributed by atoms with van der Waals surface area (Å²) in [7, 11) is 0. The van der Waals surface area contributed by atoms with Crippen LogP contribution >= 0.6 is 0 Å². The van der Waals surface area contributed by atoms with E-state index in [0.29, 0.717) is 5.92 Å². The summed E-state index contributed by atoms with van der Waals surface area (Å²) in [6.45, 7) is 8.47. The molecule has 31 heavy (non-hydrogen) atoms. The number of likely N-dealkylation sites (tertiary alicyclic amines) is 1. The second-order valence-electron chi connectivity index (χ2n) is 9.31. The summed E-state index contributed by atoms with van der Waals surface area (Å²) in [4.78, 5) is 15.2. The Morgan fingerprint density at radius 1 is 1.16 bits per heavy atom. The number of benzene rings is 2. The maximum Gasteiger partial charge on any atom is 0.419 e. The van der Waals surface area contributed by atoms with Gasteiger partial charge in [-0.2, -0.15) is 15.4 Å². The summed E-state index contributed by atoms with van der Waals surface area (Å²) in [5, 5.41) is 12.1. The molecule has 4 aromatic rings. The van der Waals surface area contributed by atoms with Gasteiger partial charge in [-0.3, -0.25) is 9.47 Å². The highest BCUT2D eigenvalue weighted by Crippen LogP contribution is 2.31. The molecular weight excluding hydrogens is 390 g/mol. The summed E-state index contributed by atoms with van der Waals surface area (Å²) in [6.07, 6.45) is 2.71. The van der Waals surface area contributed by atoms with Gasteiger partial charge in [0, 0.05) is 24.7 Å². The first-order valence-corrected chi connectivity index (χ1v) is 10.7. The molecule has 0 aliphatic carbocycles. The van der Waals surface area contributed by atoms with E-state index in [0.717, 1.165) is 53.6 Å². The normalized spacial score (nSPS) is 17.6. The number of aromatic nitrogens is 4. The second kappa shape index (κ2) is 7.50. The molecule has 1 unspecified atom stereocenters. The summed E-state index contributed by atoms with van der Waals surface area (Å²) in [5.74, 6) is 0.473. The lowest BCUT2D eigenvalue weighted by molar-refractivity contribution is 0.0544. The van der Waals surface area contributed by atoms with Gasteiger partial charge in [-0.1, -0.05) is 24.3 Å². The fourth-order valence-electron chi connectivity index (χ4n) is 4.44. The number of fused-ring (bicyclic) bond motifs is 2. The van der Waals surface area contributed by atoms with Crippen LogP contribution in [0.3, 0.4) is 0 Å². The van der Waals surface area contributed by atoms with Gasteiger partial charge in [-0.25, -0.2) is 4.79 Å². The van der Waals surface area contributed by atoms with Crippen LogP contribution in [0.5, 0.6) is 0 Å². The Labute approximate surface area is 181 Å². The Morgan fingerprint density at radius 3 is 2.81 bits per heavy atom. The van der Waals surface area contributed by atoms with Gasteiger partial charge in [0.05, 0.1) is 5.52 Å². The molecule has 1 atom stereocenters. The predicted octanol–water partition coefficient (Wildman–Crippen LogP) is 4.69. The number of H-pyrrole nitrogens is 1. The highest BCUT2D eigenvalue weighted by molar-refractivity contribution is 5.92. The van der Waals surface area contributed by atoms with Crippen molar-refractivity contribution in [3.8, 4) is 0 Å². The molecule has 1 saturated heterocycles. The van der Waals surface area contributed by atoms with Crippen LogP contribution < -0.4 is 0 Å². The van der Waals surface area contributed by atoms with Gasteiger partial charge in [0.25, 0.3) is 0 Å². The Morgan fingerprint density at radius 2 is 1.97 bits per heavy atom. The average molecular weight is 418 g/mol. The minimum atomic E-state index is -0.532. The van der Waals surface area contributed by atoms with E-state index in [1.807, 2.05) is 51.2 Å². The van der Waals surface area contributed by atoms with E-state index < -0.39 is 5.60 Å². The van der Waals surface area contributed by atoms with Crippen LogP contribution in [0.4, 0.5) is 4.79 Å². The largest absolute Gasteiger partial charge is 0.443 e. The maximum atomic E-state index is 12.8. The average Bonchev–Trinajstić information content (AvgIpc) is 3.45. The minimum absolute atomic E-state index is 0.338. The van der Waals surface area contributed by atoms with Crippen molar-refractivity contribution in [1.29, 1.82) is 0 Å². The zero-order valence-electron chi connectivity index (χ0n) is 18.1. The zero-order chi connectivity index (χ0) is 21.6. The van der Waals surface area contributed by atoms with Gasteiger partial charge in [0.1, 0.15) is 16.6 Å². The minimum Gasteiger partial charge on any atom is -0.443 e. The zero-order valence-corrected chi connectivity index (χ0v) is 18.1. The van der Waals surface area contributed by atoms with E-state index in [2.05, 4.69) is 38.5 Å². The van der Waals surface area contributed by atoms with Crippen LogP contribution in [0.2, 0.25) is 0 Å². The maximum absolute atomic E-state index is 12.8. The van der Waals surface area contributed by atoms with Gasteiger partial charge in [-0.15, -0.1) is 0 Å². The van der Waals surface area contributed by atoms with Crippen molar-refractivity contribution in [3.05, 3.63) is 59.8 Å². The van der Waals surface area contributed by atoms with E-state index in [1.165, 1.54) is 5.56 Å². The van der Waals surface area contributed by atoms with Crippen molar-refractivity contribution in [3.63, 3.8) is 0 Å². The molecule has 0 bridgehead atoms. The molecule has 0 saturated carbocycles. The number of hydrogen-bond donors (Lipinski definition) is 1. The Hall–Kier alpha value is -3.19. The lowest BCUT2D eigenvalue weighted by Crippen LogP contribution is -2.26. The molecule has 0 radical (unpaired) electrons.